The van der Waals surface area contributed by atoms with Crippen LogP contribution in [0.3, 0.4) is 0 Å². The lowest BCUT2D eigenvalue weighted by atomic mass is 9.79. The van der Waals surface area contributed by atoms with E-state index >= 15 is 0 Å². The monoisotopic (exact) mass is 415 g/mol. The van der Waals surface area contributed by atoms with E-state index in [0.717, 1.165) is 42.6 Å². The van der Waals surface area contributed by atoms with Gasteiger partial charge in [0.05, 0.1) is 30.6 Å². The molecule has 8 nitrogen and oxygen atoms in total. The van der Waals surface area contributed by atoms with Crippen LogP contribution in [-0.4, -0.2) is 63.0 Å². The maximum absolute atomic E-state index is 9.16. The predicted molar refractivity (Wildman–Crippen MR) is 116 cm³/mol. The molecule has 8 heteroatoms. The second kappa shape index (κ2) is 7.20. The maximum Gasteiger partial charge on any atom is 0.233 e. The third kappa shape index (κ3) is 3.03. The Kier molecular flexibility index (Phi) is 4.32. The standard InChI is InChI=1S/C23H25N7O/c1-31-23-9-16(11-25-27-23)17-8-22-21(4-5-26-29(22)12-17)28-13-18-2-3-19(14-28)30(18)20-6-15(7-20)10-24/h4-5,8-9,11-12,15,18-20H,2-3,6-7,13-14H2,1H3. The van der Waals surface area contributed by atoms with Gasteiger partial charge in [0.15, 0.2) is 0 Å². The molecule has 1 aliphatic carbocycles. The van der Waals surface area contributed by atoms with Crippen LogP contribution in [0.4, 0.5) is 5.69 Å². The molecule has 158 valence electrons. The second-order valence-corrected chi connectivity index (χ2v) is 8.95. The number of ether oxygens (including phenoxy) is 1. The first-order valence-electron chi connectivity index (χ1n) is 11.0. The zero-order valence-corrected chi connectivity index (χ0v) is 17.6. The van der Waals surface area contributed by atoms with Crippen molar-refractivity contribution >= 4 is 11.2 Å². The van der Waals surface area contributed by atoms with Crippen molar-refractivity contribution in [1.82, 2.24) is 24.7 Å². The number of piperazine rings is 1. The highest BCUT2D eigenvalue weighted by molar-refractivity contribution is 5.80. The molecule has 1 saturated carbocycles. The molecule has 3 aromatic rings. The first kappa shape index (κ1) is 18.6. The Balaban J connectivity index is 1.28. The van der Waals surface area contributed by atoms with E-state index in [0.29, 0.717) is 24.0 Å². The Morgan fingerprint density at radius 2 is 1.90 bits per heavy atom. The number of fused-ring (bicyclic) bond motifs is 3. The van der Waals surface area contributed by atoms with Gasteiger partial charge in [0.1, 0.15) is 0 Å². The first-order chi connectivity index (χ1) is 15.2. The van der Waals surface area contributed by atoms with Crippen LogP contribution in [0.5, 0.6) is 5.88 Å². The highest BCUT2D eigenvalue weighted by atomic mass is 16.5. The molecule has 3 fully saturated rings. The number of nitriles is 1. The fourth-order valence-electron chi connectivity index (χ4n) is 5.70. The van der Waals surface area contributed by atoms with E-state index in [2.05, 4.69) is 43.3 Å². The van der Waals surface area contributed by atoms with Crippen LogP contribution in [0.15, 0.2) is 36.8 Å². The Morgan fingerprint density at radius 1 is 1.10 bits per heavy atom. The number of aromatic nitrogens is 4. The van der Waals surface area contributed by atoms with E-state index in [-0.39, 0.29) is 5.92 Å². The molecule has 0 radical (unpaired) electrons. The van der Waals surface area contributed by atoms with Gasteiger partial charge in [0, 0.05) is 66.7 Å². The van der Waals surface area contributed by atoms with Crippen molar-refractivity contribution in [3.05, 3.63) is 36.8 Å². The number of anilines is 1. The molecule has 0 spiro atoms. The summed E-state index contributed by atoms with van der Waals surface area (Å²) >= 11 is 0. The van der Waals surface area contributed by atoms with Crippen LogP contribution < -0.4 is 9.64 Å². The molecule has 6 rings (SSSR count). The van der Waals surface area contributed by atoms with Gasteiger partial charge in [-0.3, -0.25) is 4.90 Å². The Morgan fingerprint density at radius 3 is 2.65 bits per heavy atom. The van der Waals surface area contributed by atoms with E-state index in [4.69, 9.17) is 10.00 Å². The minimum Gasteiger partial charge on any atom is -0.480 e. The Hall–Kier alpha value is -3.18. The summed E-state index contributed by atoms with van der Waals surface area (Å²) in [7, 11) is 1.60. The molecule has 0 aromatic carbocycles. The van der Waals surface area contributed by atoms with Gasteiger partial charge in [-0.25, -0.2) is 4.52 Å². The molecule has 2 unspecified atom stereocenters. The molecular weight excluding hydrogens is 390 g/mol. The fourth-order valence-corrected chi connectivity index (χ4v) is 5.70. The lowest BCUT2D eigenvalue weighted by Gasteiger charge is -2.49. The van der Waals surface area contributed by atoms with E-state index in [1.54, 1.807) is 13.3 Å². The topological polar surface area (TPSA) is 82.6 Å². The van der Waals surface area contributed by atoms with Gasteiger partial charge in [0.2, 0.25) is 5.88 Å². The summed E-state index contributed by atoms with van der Waals surface area (Å²) in [5, 5.41) is 21.7. The van der Waals surface area contributed by atoms with Gasteiger partial charge in [-0.2, -0.15) is 15.5 Å². The molecule has 2 bridgehead atoms. The molecule has 0 N–H and O–H groups in total. The quantitative estimate of drug-likeness (QED) is 0.648. The van der Waals surface area contributed by atoms with Crippen LogP contribution in [0.2, 0.25) is 0 Å². The van der Waals surface area contributed by atoms with Crippen molar-refractivity contribution in [1.29, 1.82) is 5.26 Å². The maximum atomic E-state index is 9.16. The smallest absolute Gasteiger partial charge is 0.233 e. The van der Waals surface area contributed by atoms with E-state index < -0.39 is 0 Å². The molecule has 2 aliphatic heterocycles. The van der Waals surface area contributed by atoms with Gasteiger partial charge >= 0.3 is 0 Å². The molecular formula is C23H25N7O. The predicted octanol–water partition coefficient (Wildman–Crippen LogP) is 2.76. The van der Waals surface area contributed by atoms with Crippen LogP contribution >= 0.6 is 0 Å². The molecule has 0 amide bonds. The Bertz CT molecular complexity index is 1150. The van der Waals surface area contributed by atoms with Crippen molar-refractivity contribution < 1.29 is 4.74 Å². The summed E-state index contributed by atoms with van der Waals surface area (Å²) in [6.45, 7) is 2.07. The zero-order valence-electron chi connectivity index (χ0n) is 17.6. The molecule has 31 heavy (non-hydrogen) atoms. The number of hydrogen-bond donors (Lipinski definition) is 0. The second-order valence-electron chi connectivity index (χ2n) is 8.95. The van der Waals surface area contributed by atoms with Crippen molar-refractivity contribution in [3.8, 4) is 23.1 Å². The molecule has 3 aromatic heterocycles. The summed E-state index contributed by atoms with van der Waals surface area (Å²) < 4.78 is 7.18. The third-order valence-electron chi connectivity index (χ3n) is 7.26. The zero-order chi connectivity index (χ0) is 20.9. The van der Waals surface area contributed by atoms with Gasteiger partial charge in [-0.1, -0.05) is 0 Å². The molecule has 2 atom stereocenters. The highest BCUT2D eigenvalue weighted by Gasteiger charge is 2.47. The summed E-state index contributed by atoms with van der Waals surface area (Å²) in [4.78, 5) is 5.27. The summed E-state index contributed by atoms with van der Waals surface area (Å²) in [6, 6.07) is 10.4. The highest BCUT2D eigenvalue weighted by Crippen LogP contribution is 2.42. The fraction of sp³-hybridized carbons (Fsp3) is 0.478. The van der Waals surface area contributed by atoms with Gasteiger partial charge in [-0.05, 0) is 37.8 Å². The molecule has 2 saturated heterocycles. The number of rotatable bonds is 4. The lowest BCUT2D eigenvalue weighted by Crippen LogP contribution is -2.60. The first-order valence-corrected chi connectivity index (χ1v) is 11.0. The van der Waals surface area contributed by atoms with Gasteiger partial charge in [0.25, 0.3) is 0 Å². The number of hydrogen-bond acceptors (Lipinski definition) is 7. The third-order valence-corrected chi connectivity index (χ3v) is 7.26. The van der Waals surface area contributed by atoms with Crippen molar-refractivity contribution in [3.63, 3.8) is 0 Å². The average Bonchev–Trinajstić information content (AvgIpc) is 3.31. The molecule has 3 aliphatic rings. The van der Waals surface area contributed by atoms with Crippen molar-refractivity contribution in [2.24, 2.45) is 5.92 Å². The minimum atomic E-state index is 0.266. The van der Waals surface area contributed by atoms with E-state index in [1.165, 1.54) is 18.5 Å². The number of nitrogens with zero attached hydrogens (tertiary/aromatic N) is 7. The van der Waals surface area contributed by atoms with E-state index in [9.17, 15) is 0 Å². The lowest BCUT2D eigenvalue weighted by molar-refractivity contribution is 0.0439. The molecule has 5 heterocycles. The number of methoxy groups -OCH3 is 1. The normalized spacial score (nSPS) is 27.8. The Labute approximate surface area is 181 Å². The van der Waals surface area contributed by atoms with Crippen molar-refractivity contribution in [2.45, 2.75) is 43.8 Å². The van der Waals surface area contributed by atoms with Crippen molar-refractivity contribution in [2.75, 3.05) is 25.1 Å². The van der Waals surface area contributed by atoms with Crippen LogP contribution in [0, 0.1) is 17.2 Å². The van der Waals surface area contributed by atoms with Crippen LogP contribution in [-0.2, 0) is 0 Å². The summed E-state index contributed by atoms with van der Waals surface area (Å²) in [5.74, 6) is 0.769. The van der Waals surface area contributed by atoms with Gasteiger partial charge in [-0.15, -0.1) is 5.10 Å². The van der Waals surface area contributed by atoms with Gasteiger partial charge < -0.3 is 9.64 Å². The van der Waals surface area contributed by atoms with Crippen LogP contribution in [0.1, 0.15) is 25.7 Å². The minimum absolute atomic E-state index is 0.266. The summed E-state index contributed by atoms with van der Waals surface area (Å²) in [5.41, 5.74) is 4.35. The SMILES string of the molecule is COc1cc(-c2cc3c(N4CC5CCC(C4)N5C4CC(C#N)C4)ccnn3c2)cnn1. The van der Waals surface area contributed by atoms with E-state index in [1.807, 2.05) is 23.0 Å². The van der Waals surface area contributed by atoms with Crippen LogP contribution in [0.25, 0.3) is 16.6 Å². The average molecular weight is 416 g/mol. The largest absolute Gasteiger partial charge is 0.480 e. The summed E-state index contributed by atoms with van der Waals surface area (Å²) in [6.07, 6.45) is 10.3.